The molecule has 0 aliphatic rings. The molecule has 0 spiro atoms. The van der Waals surface area contributed by atoms with Crippen molar-refractivity contribution in [1.82, 2.24) is 16.2 Å². The van der Waals surface area contributed by atoms with Crippen LogP contribution in [0.5, 0.6) is 0 Å². The first-order chi connectivity index (χ1) is 11.5. The molecule has 0 unspecified atom stereocenters. The average molecular weight is 351 g/mol. The van der Waals surface area contributed by atoms with Crippen molar-refractivity contribution in [2.45, 2.75) is 0 Å². The summed E-state index contributed by atoms with van der Waals surface area (Å²) >= 11 is 4.95. The molecule has 9 heteroatoms. The summed E-state index contributed by atoms with van der Waals surface area (Å²) in [6, 6.07) is 8.62. The van der Waals surface area contributed by atoms with Gasteiger partial charge in [0.05, 0.1) is 13.7 Å². The molecule has 1 amide bonds. The van der Waals surface area contributed by atoms with Gasteiger partial charge in [0.1, 0.15) is 6.61 Å². The van der Waals surface area contributed by atoms with E-state index in [2.05, 4.69) is 20.9 Å². The van der Waals surface area contributed by atoms with E-state index < -0.39 is 11.9 Å². The van der Waals surface area contributed by atoms with E-state index in [0.717, 1.165) is 12.2 Å². The minimum Gasteiger partial charge on any atom is -0.466 e. The summed E-state index contributed by atoms with van der Waals surface area (Å²) in [7, 11) is 1.20. The largest absolute Gasteiger partial charge is 0.466 e. The Hall–Kier alpha value is -2.94. The second-order valence-electron chi connectivity index (χ2n) is 4.23. The summed E-state index contributed by atoms with van der Waals surface area (Å²) in [4.78, 5) is 33.8. The van der Waals surface area contributed by atoms with Crippen LogP contribution in [-0.2, 0) is 19.1 Å². The van der Waals surface area contributed by atoms with Crippen molar-refractivity contribution >= 4 is 35.2 Å². The molecule has 0 saturated carbocycles. The Balaban J connectivity index is 2.16. The van der Waals surface area contributed by atoms with Crippen LogP contribution in [0, 0.1) is 0 Å². The van der Waals surface area contributed by atoms with Crippen LogP contribution in [0.1, 0.15) is 10.4 Å². The van der Waals surface area contributed by atoms with Gasteiger partial charge in [0.2, 0.25) is 0 Å². The van der Waals surface area contributed by atoms with Crippen molar-refractivity contribution < 1.29 is 23.9 Å². The Morgan fingerprint density at radius 3 is 2.42 bits per heavy atom. The van der Waals surface area contributed by atoms with Gasteiger partial charge in [-0.05, 0) is 24.4 Å². The molecule has 0 heterocycles. The van der Waals surface area contributed by atoms with E-state index in [1.54, 1.807) is 30.3 Å². The highest BCUT2D eigenvalue weighted by Crippen LogP contribution is 1.96. The van der Waals surface area contributed by atoms with Gasteiger partial charge in [0, 0.05) is 17.7 Å². The number of hydrogen-bond donors (Lipinski definition) is 3. The van der Waals surface area contributed by atoms with Crippen LogP contribution in [0.25, 0.3) is 0 Å². The fourth-order valence-corrected chi connectivity index (χ4v) is 1.54. The smallest absolute Gasteiger partial charge is 0.331 e. The summed E-state index contributed by atoms with van der Waals surface area (Å²) in [5, 5.41) is 2.90. The maximum absolute atomic E-state index is 11.7. The molecule has 24 heavy (non-hydrogen) atoms. The Bertz CT molecular complexity index is 619. The van der Waals surface area contributed by atoms with E-state index in [4.69, 9.17) is 17.0 Å². The van der Waals surface area contributed by atoms with E-state index in [1.807, 2.05) is 0 Å². The van der Waals surface area contributed by atoms with Gasteiger partial charge < -0.3 is 14.8 Å². The van der Waals surface area contributed by atoms with Crippen LogP contribution in [0.4, 0.5) is 0 Å². The third-order valence-corrected chi connectivity index (χ3v) is 2.76. The highest BCUT2D eigenvalue weighted by molar-refractivity contribution is 7.80. The Morgan fingerprint density at radius 2 is 1.75 bits per heavy atom. The normalized spacial score (nSPS) is 9.88. The second kappa shape index (κ2) is 10.7. The topological polar surface area (TPSA) is 106 Å². The molecule has 0 atom stereocenters. The zero-order valence-electron chi connectivity index (χ0n) is 12.9. The van der Waals surface area contributed by atoms with Gasteiger partial charge in [-0.25, -0.2) is 9.59 Å². The number of hydrogen-bond acceptors (Lipinski definition) is 6. The molecule has 1 rings (SSSR count). The van der Waals surface area contributed by atoms with Crippen LogP contribution in [0.3, 0.4) is 0 Å². The summed E-state index contributed by atoms with van der Waals surface area (Å²) in [6.07, 6.45) is 1.92. The lowest BCUT2D eigenvalue weighted by Crippen LogP contribution is -2.47. The van der Waals surface area contributed by atoms with Crippen LogP contribution < -0.4 is 16.2 Å². The van der Waals surface area contributed by atoms with E-state index in [0.29, 0.717) is 5.56 Å². The second-order valence-corrected chi connectivity index (χ2v) is 4.63. The van der Waals surface area contributed by atoms with Crippen molar-refractivity contribution in [2.24, 2.45) is 0 Å². The Morgan fingerprint density at radius 1 is 1.08 bits per heavy atom. The number of carbonyl (C=O) groups is 3. The number of methoxy groups -OCH3 is 1. The lowest BCUT2D eigenvalue weighted by molar-refractivity contribution is -0.139. The van der Waals surface area contributed by atoms with Gasteiger partial charge >= 0.3 is 11.9 Å². The molecule has 128 valence electrons. The van der Waals surface area contributed by atoms with Crippen LogP contribution >= 0.6 is 12.2 Å². The third-order valence-electron chi connectivity index (χ3n) is 2.51. The molecule has 0 saturated heterocycles. The van der Waals surface area contributed by atoms with Crippen molar-refractivity contribution in [3.63, 3.8) is 0 Å². The highest BCUT2D eigenvalue weighted by atomic mass is 32.1. The Kier molecular flexibility index (Phi) is 8.54. The number of nitrogens with one attached hydrogen (secondary N) is 3. The van der Waals surface area contributed by atoms with Gasteiger partial charge in [0.15, 0.2) is 5.11 Å². The fraction of sp³-hybridized carbons (Fsp3) is 0.200. The van der Waals surface area contributed by atoms with Gasteiger partial charge in [-0.3, -0.25) is 15.6 Å². The lowest BCUT2D eigenvalue weighted by Gasteiger charge is -2.11. The molecule has 3 N–H and O–H groups in total. The number of carbonyl (C=O) groups excluding carboxylic acids is 3. The maximum atomic E-state index is 11.7. The predicted molar refractivity (Wildman–Crippen MR) is 89.8 cm³/mol. The van der Waals surface area contributed by atoms with Gasteiger partial charge in [0.25, 0.3) is 5.91 Å². The number of rotatable bonds is 6. The quantitative estimate of drug-likeness (QED) is 0.217. The molecule has 0 aromatic heterocycles. The van der Waals surface area contributed by atoms with Gasteiger partial charge in [-0.2, -0.15) is 0 Å². The number of amides is 1. The number of hydrazine groups is 1. The first-order valence-corrected chi connectivity index (χ1v) is 7.25. The molecule has 1 aromatic carbocycles. The van der Waals surface area contributed by atoms with Gasteiger partial charge in [-0.1, -0.05) is 18.2 Å². The molecule has 8 nitrogen and oxygen atoms in total. The number of benzene rings is 1. The summed E-state index contributed by atoms with van der Waals surface area (Å²) in [5.74, 6) is -1.66. The molecule has 0 aliphatic carbocycles. The van der Waals surface area contributed by atoms with Crippen molar-refractivity contribution in [3.8, 4) is 0 Å². The molecule has 1 aromatic rings. The standard InChI is InChI=1S/C15H17N3O5S/c1-22-12(19)7-8-13(20)23-10-9-16-15(24)18-17-14(21)11-5-3-2-4-6-11/h2-8H,9-10H2,1H3,(H,17,21)(H2,16,18,24)/b8-7+. The SMILES string of the molecule is COC(=O)/C=C/C(=O)OCCNC(=S)NNC(=O)c1ccccc1. The minimum atomic E-state index is -0.682. The minimum absolute atomic E-state index is 0.0266. The molecule has 0 bridgehead atoms. The third kappa shape index (κ3) is 7.90. The van der Waals surface area contributed by atoms with Crippen LogP contribution in [0.15, 0.2) is 42.5 Å². The lowest BCUT2D eigenvalue weighted by atomic mass is 10.2. The summed E-state index contributed by atoms with van der Waals surface area (Å²) < 4.78 is 9.14. The number of esters is 2. The summed E-state index contributed by atoms with van der Waals surface area (Å²) in [6.45, 7) is 0.254. The molecule has 0 aliphatic heterocycles. The fourth-order valence-electron chi connectivity index (χ4n) is 1.39. The molecule has 0 radical (unpaired) electrons. The Labute approximate surface area is 144 Å². The van der Waals surface area contributed by atoms with E-state index >= 15 is 0 Å². The zero-order chi connectivity index (χ0) is 17.8. The molecule has 0 fully saturated rings. The van der Waals surface area contributed by atoms with E-state index in [9.17, 15) is 14.4 Å². The monoisotopic (exact) mass is 351 g/mol. The van der Waals surface area contributed by atoms with Crippen LogP contribution in [-0.4, -0.2) is 43.2 Å². The molecular formula is C15H17N3O5S. The van der Waals surface area contributed by atoms with Crippen LogP contribution in [0.2, 0.25) is 0 Å². The number of thiocarbonyl (C=S) groups is 1. The molecular weight excluding hydrogens is 334 g/mol. The van der Waals surface area contributed by atoms with Crippen molar-refractivity contribution in [1.29, 1.82) is 0 Å². The first kappa shape index (κ1) is 19.1. The van der Waals surface area contributed by atoms with Gasteiger partial charge in [-0.15, -0.1) is 0 Å². The van der Waals surface area contributed by atoms with Crippen molar-refractivity contribution in [2.75, 3.05) is 20.3 Å². The summed E-state index contributed by atoms with van der Waals surface area (Å²) in [5.41, 5.74) is 5.43. The average Bonchev–Trinajstić information content (AvgIpc) is 2.61. The first-order valence-electron chi connectivity index (χ1n) is 6.85. The van der Waals surface area contributed by atoms with E-state index in [-0.39, 0.29) is 24.2 Å². The zero-order valence-corrected chi connectivity index (χ0v) is 13.7. The maximum Gasteiger partial charge on any atom is 0.331 e. The highest BCUT2D eigenvalue weighted by Gasteiger charge is 2.04. The van der Waals surface area contributed by atoms with E-state index in [1.165, 1.54) is 7.11 Å². The predicted octanol–water partition coefficient (Wildman–Crippen LogP) is 0.0679. The number of ether oxygens (including phenoxy) is 2. The van der Waals surface area contributed by atoms with Crippen molar-refractivity contribution in [3.05, 3.63) is 48.0 Å².